The smallest absolute Gasteiger partial charge is 0.357 e. The molecule has 2 aromatic carbocycles. The van der Waals surface area contributed by atoms with Crippen molar-refractivity contribution in [1.82, 2.24) is 14.5 Å². The van der Waals surface area contributed by atoms with E-state index in [9.17, 15) is 4.79 Å². The molecule has 6 heteroatoms. The topological polar surface area (TPSA) is 60.3 Å². The molecular formula is C19H18N4O2. The van der Waals surface area contributed by atoms with Gasteiger partial charge in [-0.2, -0.15) is 9.97 Å². The van der Waals surface area contributed by atoms with Crippen LogP contribution < -0.4 is 10.6 Å². The largest absolute Gasteiger partial charge is 0.378 e. The van der Waals surface area contributed by atoms with Crippen molar-refractivity contribution in [3.8, 4) is 17.1 Å². The molecule has 0 bridgehead atoms. The molecule has 25 heavy (non-hydrogen) atoms. The first kappa shape index (κ1) is 15.5. The summed E-state index contributed by atoms with van der Waals surface area (Å²) in [5, 5.41) is 0. The molecule has 1 aromatic heterocycles. The van der Waals surface area contributed by atoms with Gasteiger partial charge in [0.05, 0.1) is 18.9 Å². The Bertz CT molecular complexity index is 904. The van der Waals surface area contributed by atoms with E-state index >= 15 is 0 Å². The second kappa shape index (κ2) is 6.86. The molecule has 0 N–H and O–H groups in total. The Kier molecular flexibility index (Phi) is 4.26. The van der Waals surface area contributed by atoms with Gasteiger partial charge in [0.15, 0.2) is 5.82 Å². The van der Waals surface area contributed by atoms with Crippen LogP contribution in [0.3, 0.4) is 0 Å². The van der Waals surface area contributed by atoms with Crippen LogP contribution in [-0.2, 0) is 4.74 Å². The molecule has 0 unspecified atom stereocenters. The van der Waals surface area contributed by atoms with Gasteiger partial charge in [0.25, 0.3) is 0 Å². The van der Waals surface area contributed by atoms with Crippen molar-refractivity contribution in [3.63, 3.8) is 0 Å². The van der Waals surface area contributed by atoms with Gasteiger partial charge in [-0.1, -0.05) is 48.5 Å². The second-order valence-electron chi connectivity index (χ2n) is 5.77. The third kappa shape index (κ3) is 3.16. The van der Waals surface area contributed by atoms with Crippen LogP contribution in [0.5, 0.6) is 0 Å². The van der Waals surface area contributed by atoms with E-state index in [-0.39, 0.29) is 5.69 Å². The average Bonchev–Trinajstić information content (AvgIpc) is 2.69. The molecule has 0 spiro atoms. The van der Waals surface area contributed by atoms with Crippen molar-refractivity contribution in [1.29, 1.82) is 0 Å². The van der Waals surface area contributed by atoms with E-state index in [2.05, 4.69) is 9.88 Å². The highest BCUT2D eigenvalue weighted by Crippen LogP contribution is 2.20. The fourth-order valence-corrected chi connectivity index (χ4v) is 2.89. The van der Waals surface area contributed by atoms with Crippen LogP contribution in [0.1, 0.15) is 0 Å². The summed E-state index contributed by atoms with van der Waals surface area (Å²) >= 11 is 0. The molecule has 0 radical (unpaired) electrons. The fourth-order valence-electron chi connectivity index (χ4n) is 2.89. The van der Waals surface area contributed by atoms with Gasteiger partial charge in [0.2, 0.25) is 5.95 Å². The molecule has 0 saturated carbocycles. The number of nitrogens with zero attached hydrogens (tertiary/aromatic N) is 4. The molecule has 1 aliphatic rings. The summed E-state index contributed by atoms with van der Waals surface area (Å²) in [5.74, 6) is 1.05. The predicted molar refractivity (Wildman–Crippen MR) is 96.1 cm³/mol. The third-order valence-corrected chi connectivity index (χ3v) is 4.14. The molecular weight excluding hydrogens is 316 g/mol. The summed E-state index contributed by atoms with van der Waals surface area (Å²) in [5.41, 5.74) is 1.25. The zero-order chi connectivity index (χ0) is 17.1. The monoisotopic (exact) mass is 334 g/mol. The molecule has 1 saturated heterocycles. The Morgan fingerprint density at radius 2 is 1.48 bits per heavy atom. The van der Waals surface area contributed by atoms with E-state index in [4.69, 9.17) is 9.72 Å². The van der Waals surface area contributed by atoms with E-state index in [1.165, 1.54) is 0 Å². The number of hydrogen-bond acceptors (Lipinski definition) is 5. The Balaban J connectivity index is 1.90. The van der Waals surface area contributed by atoms with Gasteiger partial charge in [-0.05, 0) is 12.1 Å². The van der Waals surface area contributed by atoms with Crippen LogP contribution in [0.25, 0.3) is 17.1 Å². The first-order valence-electron chi connectivity index (χ1n) is 8.27. The maximum Gasteiger partial charge on any atom is 0.357 e. The lowest BCUT2D eigenvalue weighted by atomic mass is 10.2. The molecule has 1 fully saturated rings. The lowest BCUT2D eigenvalue weighted by Crippen LogP contribution is -2.41. The molecule has 6 nitrogen and oxygen atoms in total. The van der Waals surface area contributed by atoms with Gasteiger partial charge in [0.1, 0.15) is 0 Å². The minimum Gasteiger partial charge on any atom is -0.378 e. The lowest BCUT2D eigenvalue weighted by Gasteiger charge is -2.29. The summed E-state index contributed by atoms with van der Waals surface area (Å²) in [6, 6.07) is 19.1. The third-order valence-electron chi connectivity index (χ3n) is 4.14. The van der Waals surface area contributed by atoms with Crippen LogP contribution >= 0.6 is 0 Å². The maximum atomic E-state index is 12.8. The SMILES string of the molecule is O=c1nc(-c2ccccc2)nc(N2CCOCC2)n1-c1ccccc1. The first-order chi connectivity index (χ1) is 12.3. The molecule has 3 aromatic rings. The number of hydrogen-bond donors (Lipinski definition) is 0. The molecule has 0 atom stereocenters. The normalized spacial score (nSPS) is 14.5. The molecule has 0 aliphatic carbocycles. The van der Waals surface area contributed by atoms with Gasteiger partial charge in [0, 0.05) is 18.7 Å². The van der Waals surface area contributed by atoms with Crippen molar-refractivity contribution in [2.45, 2.75) is 0 Å². The number of ether oxygens (including phenoxy) is 1. The van der Waals surface area contributed by atoms with E-state index in [0.717, 1.165) is 11.3 Å². The van der Waals surface area contributed by atoms with E-state index < -0.39 is 0 Å². The van der Waals surface area contributed by atoms with Gasteiger partial charge >= 0.3 is 5.69 Å². The number of para-hydroxylation sites is 1. The summed E-state index contributed by atoms with van der Waals surface area (Å²) < 4.78 is 7.01. The fraction of sp³-hybridized carbons (Fsp3) is 0.211. The number of benzene rings is 2. The maximum absolute atomic E-state index is 12.8. The highest BCUT2D eigenvalue weighted by atomic mass is 16.5. The minimum absolute atomic E-state index is 0.332. The summed E-state index contributed by atoms with van der Waals surface area (Å²) in [6.45, 7) is 2.62. The van der Waals surface area contributed by atoms with E-state index in [0.29, 0.717) is 38.1 Å². The number of rotatable bonds is 3. The zero-order valence-corrected chi connectivity index (χ0v) is 13.7. The number of anilines is 1. The molecule has 126 valence electrons. The number of aromatic nitrogens is 3. The Labute approximate surface area is 145 Å². The standard InChI is InChI=1S/C19H18N4O2/c24-19-21-17(15-7-3-1-4-8-15)20-18(22-11-13-25-14-12-22)23(19)16-9-5-2-6-10-16/h1-10H,11-14H2. The Hall–Kier alpha value is -2.99. The van der Waals surface area contributed by atoms with Crippen molar-refractivity contribution in [2.24, 2.45) is 0 Å². The highest BCUT2D eigenvalue weighted by Gasteiger charge is 2.20. The van der Waals surface area contributed by atoms with Crippen LogP contribution in [0.15, 0.2) is 65.5 Å². The lowest BCUT2D eigenvalue weighted by molar-refractivity contribution is 0.121. The van der Waals surface area contributed by atoms with Crippen LogP contribution in [0.4, 0.5) is 5.95 Å². The molecule has 1 aliphatic heterocycles. The molecule has 0 amide bonds. The van der Waals surface area contributed by atoms with Crippen molar-refractivity contribution in [2.75, 3.05) is 31.2 Å². The van der Waals surface area contributed by atoms with Gasteiger partial charge in [-0.3, -0.25) is 0 Å². The summed E-state index contributed by atoms with van der Waals surface area (Å²) in [6.07, 6.45) is 0. The second-order valence-corrected chi connectivity index (χ2v) is 5.77. The van der Waals surface area contributed by atoms with Gasteiger partial charge < -0.3 is 9.64 Å². The Morgan fingerprint density at radius 1 is 0.840 bits per heavy atom. The van der Waals surface area contributed by atoms with Crippen molar-refractivity contribution >= 4 is 5.95 Å². The van der Waals surface area contributed by atoms with Crippen LogP contribution in [0.2, 0.25) is 0 Å². The van der Waals surface area contributed by atoms with Crippen molar-refractivity contribution < 1.29 is 4.74 Å². The zero-order valence-electron chi connectivity index (χ0n) is 13.7. The van der Waals surface area contributed by atoms with E-state index in [1.807, 2.05) is 60.7 Å². The van der Waals surface area contributed by atoms with Gasteiger partial charge in [-0.25, -0.2) is 9.36 Å². The first-order valence-corrected chi connectivity index (χ1v) is 8.27. The van der Waals surface area contributed by atoms with Crippen molar-refractivity contribution in [3.05, 3.63) is 71.1 Å². The minimum atomic E-state index is -0.332. The predicted octanol–water partition coefficient (Wildman–Crippen LogP) is 2.13. The quantitative estimate of drug-likeness (QED) is 0.734. The summed E-state index contributed by atoms with van der Waals surface area (Å²) in [4.78, 5) is 23.8. The number of morpholine rings is 1. The average molecular weight is 334 g/mol. The van der Waals surface area contributed by atoms with Gasteiger partial charge in [-0.15, -0.1) is 0 Å². The molecule has 4 rings (SSSR count). The van der Waals surface area contributed by atoms with Crippen LogP contribution in [0, 0.1) is 0 Å². The van der Waals surface area contributed by atoms with E-state index in [1.54, 1.807) is 4.57 Å². The highest BCUT2D eigenvalue weighted by molar-refractivity contribution is 5.57. The Morgan fingerprint density at radius 3 is 2.16 bits per heavy atom. The molecule has 2 heterocycles. The summed E-state index contributed by atoms with van der Waals surface area (Å²) in [7, 11) is 0. The van der Waals surface area contributed by atoms with Crippen LogP contribution in [-0.4, -0.2) is 40.8 Å².